The molecule has 0 saturated heterocycles. The first-order valence-electron chi connectivity index (χ1n) is 4.97. The van der Waals surface area contributed by atoms with Gasteiger partial charge in [-0.3, -0.25) is 9.78 Å². The highest BCUT2D eigenvalue weighted by atomic mass is 35.5. The number of hydrogen-bond donors (Lipinski definition) is 2. The SMILES string of the molecule is O=C(Nc1ccc(O)c(Cl)c1)c1cc(Cl)ccn1. The highest BCUT2D eigenvalue weighted by Gasteiger charge is 2.09. The van der Waals surface area contributed by atoms with Crippen LogP contribution in [-0.4, -0.2) is 16.0 Å². The maximum atomic E-state index is 11.8. The molecule has 0 atom stereocenters. The fourth-order valence-electron chi connectivity index (χ4n) is 1.31. The molecular formula is C12H8Cl2N2O2. The lowest BCUT2D eigenvalue weighted by Gasteiger charge is -2.06. The van der Waals surface area contributed by atoms with Gasteiger partial charge >= 0.3 is 0 Å². The Labute approximate surface area is 113 Å². The number of anilines is 1. The Morgan fingerprint density at radius 2 is 2.00 bits per heavy atom. The van der Waals surface area contributed by atoms with Gasteiger partial charge in [-0.25, -0.2) is 0 Å². The number of phenolic OH excluding ortho intramolecular Hbond substituents is 1. The molecule has 1 amide bonds. The van der Waals surface area contributed by atoms with Crippen LogP contribution in [0.5, 0.6) is 5.75 Å². The summed E-state index contributed by atoms with van der Waals surface area (Å²) in [4.78, 5) is 15.7. The van der Waals surface area contributed by atoms with Crippen LogP contribution >= 0.6 is 23.2 Å². The number of carbonyl (C=O) groups excluding carboxylic acids is 1. The molecule has 0 radical (unpaired) electrons. The third kappa shape index (κ3) is 2.91. The van der Waals surface area contributed by atoms with E-state index in [1.807, 2.05) is 0 Å². The molecule has 1 aromatic carbocycles. The van der Waals surface area contributed by atoms with Crippen LogP contribution in [-0.2, 0) is 0 Å². The first-order chi connectivity index (χ1) is 8.56. The molecule has 2 N–H and O–H groups in total. The van der Waals surface area contributed by atoms with Crippen molar-refractivity contribution in [2.24, 2.45) is 0 Å². The van der Waals surface area contributed by atoms with E-state index in [1.54, 1.807) is 6.07 Å². The quantitative estimate of drug-likeness (QED) is 0.831. The fourth-order valence-corrected chi connectivity index (χ4v) is 1.65. The minimum absolute atomic E-state index is 0.0458. The summed E-state index contributed by atoms with van der Waals surface area (Å²) in [5.74, 6) is -0.449. The molecule has 92 valence electrons. The van der Waals surface area contributed by atoms with E-state index in [4.69, 9.17) is 23.2 Å². The Bertz CT molecular complexity index is 602. The van der Waals surface area contributed by atoms with Crippen LogP contribution in [0.2, 0.25) is 10.0 Å². The summed E-state index contributed by atoms with van der Waals surface area (Å²) in [6.45, 7) is 0. The minimum atomic E-state index is -0.403. The van der Waals surface area contributed by atoms with Gasteiger partial charge in [0, 0.05) is 16.9 Å². The van der Waals surface area contributed by atoms with Crippen molar-refractivity contribution >= 4 is 34.8 Å². The molecule has 6 heteroatoms. The van der Waals surface area contributed by atoms with Crippen LogP contribution in [0.15, 0.2) is 36.5 Å². The van der Waals surface area contributed by atoms with E-state index in [0.29, 0.717) is 10.7 Å². The molecule has 0 aliphatic carbocycles. The lowest BCUT2D eigenvalue weighted by Crippen LogP contribution is -2.13. The Morgan fingerprint density at radius 1 is 1.22 bits per heavy atom. The predicted molar refractivity (Wildman–Crippen MR) is 70.3 cm³/mol. The summed E-state index contributed by atoms with van der Waals surface area (Å²) in [6.07, 6.45) is 1.45. The average molecular weight is 283 g/mol. The molecule has 0 unspecified atom stereocenters. The highest BCUT2D eigenvalue weighted by Crippen LogP contribution is 2.26. The van der Waals surface area contributed by atoms with Gasteiger partial charge in [0.05, 0.1) is 5.02 Å². The van der Waals surface area contributed by atoms with Crippen LogP contribution in [0.4, 0.5) is 5.69 Å². The van der Waals surface area contributed by atoms with E-state index in [1.165, 1.54) is 30.5 Å². The first kappa shape index (κ1) is 12.7. The zero-order chi connectivity index (χ0) is 13.1. The first-order valence-corrected chi connectivity index (χ1v) is 5.73. The summed E-state index contributed by atoms with van der Waals surface area (Å²) in [5, 5.41) is 12.4. The van der Waals surface area contributed by atoms with Crippen molar-refractivity contribution in [2.75, 3.05) is 5.32 Å². The lowest BCUT2D eigenvalue weighted by atomic mass is 10.2. The van der Waals surface area contributed by atoms with Gasteiger partial charge in [-0.1, -0.05) is 23.2 Å². The van der Waals surface area contributed by atoms with Crippen LogP contribution in [0.25, 0.3) is 0 Å². The van der Waals surface area contributed by atoms with Gasteiger partial charge in [-0.15, -0.1) is 0 Å². The maximum Gasteiger partial charge on any atom is 0.274 e. The van der Waals surface area contributed by atoms with Crippen molar-refractivity contribution in [2.45, 2.75) is 0 Å². The second kappa shape index (κ2) is 5.25. The van der Waals surface area contributed by atoms with E-state index in [0.717, 1.165) is 0 Å². The molecule has 1 heterocycles. The van der Waals surface area contributed by atoms with E-state index >= 15 is 0 Å². The number of benzene rings is 1. The summed E-state index contributed by atoms with van der Waals surface area (Å²) < 4.78 is 0. The summed E-state index contributed by atoms with van der Waals surface area (Å²) >= 11 is 11.5. The van der Waals surface area contributed by atoms with E-state index in [2.05, 4.69) is 10.3 Å². The molecular weight excluding hydrogens is 275 g/mol. The zero-order valence-electron chi connectivity index (χ0n) is 9.02. The van der Waals surface area contributed by atoms with Gasteiger partial charge in [-0.05, 0) is 30.3 Å². The number of pyridine rings is 1. The predicted octanol–water partition coefficient (Wildman–Crippen LogP) is 3.35. The minimum Gasteiger partial charge on any atom is -0.506 e. The van der Waals surface area contributed by atoms with Gasteiger partial charge in [0.25, 0.3) is 5.91 Å². The van der Waals surface area contributed by atoms with E-state index in [9.17, 15) is 9.90 Å². The third-order valence-corrected chi connectivity index (χ3v) is 2.70. The molecule has 2 aromatic rings. The molecule has 0 spiro atoms. The van der Waals surface area contributed by atoms with Crippen molar-refractivity contribution < 1.29 is 9.90 Å². The number of nitrogens with zero attached hydrogens (tertiary/aromatic N) is 1. The average Bonchev–Trinajstić information content (AvgIpc) is 2.34. The maximum absolute atomic E-state index is 11.8. The van der Waals surface area contributed by atoms with Crippen molar-refractivity contribution in [3.05, 3.63) is 52.3 Å². The van der Waals surface area contributed by atoms with Crippen LogP contribution in [0.3, 0.4) is 0 Å². The Kier molecular flexibility index (Phi) is 3.69. The molecule has 0 aliphatic rings. The lowest BCUT2D eigenvalue weighted by molar-refractivity contribution is 0.102. The Balaban J connectivity index is 2.18. The number of amides is 1. The molecule has 18 heavy (non-hydrogen) atoms. The number of hydrogen-bond acceptors (Lipinski definition) is 3. The molecule has 0 aliphatic heterocycles. The number of halogens is 2. The number of rotatable bonds is 2. The van der Waals surface area contributed by atoms with Gasteiger partial charge < -0.3 is 10.4 Å². The number of phenols is 1. The fraction of sp³-hybridized carbons (Fsp3) is 0. The number of aromatic hydroxyl groups is 1. The molecule has 4 nitrogen and oxygen atoms in total. The van der Waals surface area contributed by atoms with E-state index < -0.39 is 5.91 Å². The van der Waals surface area contributed by atoms with E-state index in [-0.39, 0.29) is 16.5 Å². The third-order valence-electron chi connectivity index (χ3n) is 2.16. The Hall–Kier alpha value is -1.78. The normalized spacial score (nSPS) is 10.1. The van der Waals surface area contributed by atoms with Crippen molar-refractivity contribution in [3.8, 4) is 5.75 Å². The topological polar surface area (TPSA) is 62.2 Å². The zero-order valence-corrected chi connectivity index (χ0v) is 10.5. The highest BCUT2D eigenvalue weighted by molar-refractivity contribution is 6.32. The summed E-state index contributed by atoms with van der Waals surface area (Å²) in [5.41, 5.74) is 0.663. The summed E-state index contributed by atoms with van der Waals surface area (Å²) in [7, 11) is 0. The standard InChI is InChI=1S/C12H8Cl2N2O2/c13-7-3-4-15-10(5-7)12(18)16-8-1-2-11(17)9(14)6-8/h1-6,17H,(H,16,18). The van der Waals surface area contributed by atoms with Crippen LogP contribution in [0, 0.1) is 0 Å². The molecule has 2 rings (SSSR count). The summed E-state index contributed by atoms with van der Waals surface area (Å²) in [6, 6.07) is 7.40. The van der Waals surface area contributed by atoms with Crippen LogP contribution in [0.1, 0.15) is 10.5 Å². The van der Waals surface area contributed by atoms with Crippen molar-refractivity contribution in [3.63, 3.8) is 0 Å². The van der Waals surface area contributed by atoms with Gasteiger partial charge in [0.15, 0.2) is 0 Å². The molecule has 0 saturated carbocycles. The number of nitrogens with one attached hydrogen (secondary N) is 1. The molecule has 1 aromatic heterocycles. The molecule has 0 fully saturated rings. The smallest absolute Gasteiger partial charge is 0.274 e. The number of carbonyl (C=O) groups is 1. The number of aromatic nitrogens is 1. The Morgan fingerprint density at radius 3 is 2.67 bits per heavy atom. The van der Waals surface area contributed by atoms with Crippen molar-refractivity contribution in [1.82, 2.24) is 4.98 Å². The van der Waals surface area contributed by atoms with Gasteiger partial charge in [-0.2, -0.15) is 0 Å². The van der Waals surface area contributed by atoms with Crippen molar-refractivity contribution in [1.29, 1.82) is 0 Å². The largest absolute Gasteiger partial charge is 0.506 e. The van der Waals surface area contributed by atoms with Crippen LogP contribution < -0.4 is 5.32 Å². The monoisotopic (exact) mass is 282 g/mol. The second-order valence-corrected chi connectivity index (χ2v) is 4.32. The van der Waals surface area contributed by atoms with Gasteiger partial charge in [0.1, 0.15) is 11.4 Å². The van der Waals surface area contributed by atoms with Gasteiger partial charge in [0.2, 0.25) is 0 Å². The second-order valence-electron chi connectivity index (χ2n) is 3.48. The molecule has 0 bridgehead atoms.